The summed E-state index contributed by atoms with van der Waals surface area (Å²) < 4.78 is 14.0. The number of halogens is 2. The molecule has 1 aromatic rings. The van der Waals surface area contributed by atoms with E-state index < -0.39 is 12.0 Å². The number of aliphatic hydroxyl groups is 1. The molecule has 20 heavy (non-hydrogen) atoms. The van der Waals surface area contributed by atoms with Crippen LogP contribution in [0, 0.1) is 11.7 Å². The van der Waals surface area contributed by atoms with Crippen molar-refractivity contribution in [3.63, 3.8) is 0 Å². The molecule has 1 aliphatic carbocycles. The van der Waals surface area contributed by atoms with Gasteiger partial charge in [-0.25, -0.2) is 4.39 Å². The Morgan fingerprint density at radius 3 is 2.45 bits per heavy atom. The maximum absolute atomic E-state index is 14.0. The second-order valence-electron chi connectivity index (χ2n) is 5.72. The van der Waals surface area contributed by atoms with Crippen LogP contribution in [0.2, 0.25) is 5.02 Å². The summed E-state index contributed by atoms with van der Waals surface area (Å²) >= 11 is 6.11. The van der Waals surface area contributed by atoms with Crippen molar-refractivity contribution in [1.29, 1.82) is 0 Å². The van der Waals surface area contributed by atoms with E-state index in [4.69, 9.17) is 17.3 Å². The van der Waals surface area contributed by atoms with Crippen LogP contribution in [0.3, 0.4) is 0 Å². The standard InChI is InChI=1S/C16H23ClFNO/c17-13-8-5-9-14(18)15(13)12(10-19)16(20)11-6-3-1-2-4-7-11/h5,8-9,11-12,16,20H,1-4,6-7,10,19H2. The number of aliphatic hydroxyl groups excluding tert-OH is 1. The van der Waals surface area contributed by atoms with E-state index in [0.29, 0.717) is 10.6 Å². The Kier molecular flexibility index (Phi) is 5.82. The quantitative estimate of drug-likeness (QED) is 0.830. The SMILES string of the molecule is NCC(c1c(F)cccc1Cl)C(O)C1CCCCCC1. The van der Waals surface area contributed by atoms with E-state index in [-0.39, 0.29) is 18.3 Å². The van der Waals surface area contributed by atoms with E-state index in [2.05, 4.69) is 0 Å². The number of nitrogens with two attached hydrogens (primary N) is 1. The van der Waals surface area contributed by atoms with Crippen LogP contribution in [-0.4, -0.2) is 17.8 Å². The van der Waals surface area contributed by atoms with E-state index in [0.717, 1.165) is 25.7 Å². The first-order chi connectivity index (χ1) is 9.65. The fraction of sp³-hybridized carbons (Fsp3) is 0.625. The number of rotatable bonds is 4. The average molecular weight is 300 g/mol. The van der Waals surface area contributed by atoms with Crippen molar-refractivity contribution in [2.24, 2.45) is 11.7 Å². The Morgan fingerprint density at radius 1 is 1.25 bits per heavy atom. The molecular formula is C16H23ClFNO. The Bertz CT molecular complexity index is 412. The zero-order chi connectivity index (χ0) is 14.5. The van der Waals surface area contributed by atoms with Gasteiger partial charge in [-0.2, -0.15) is 0 Å². The Labute approximate surface area is 125 Å². The minimum Gasteiger partial charge on any atom is -0.392 e. The molecule has 0 radical (unpaired) electrons. The van der Waals surface area contributed by atoms with Crippen molar-refractivity contribution in [3.05, 3.63) is 34.6 Å². The van der Waals surface area contributed by atoms with E-state index in [1.54, 1.807) is 12.1 Å². The highest BCUT2D eigenvalue weighted by Gasteiger charge is 2.31. The van der Waals surface area contributed by atoms with E-state index in [1.807, 2.05) is 0 Å². The molecule has 112 valence electrons. The molecule has 1 aromatic carbocycles. The lowest BCUT2D eigenvalue weighted by molar-refractivity contribution is 0.0731. The van der Waals surface area contributed by atoms with Gasteiger partial charge in [0, 0.05) is 23.0 Å². The van der Waals surface area contributed by atoms with Crippen LogP contribution in [0.1, 0.15) is 50.0 Å². The van der Waals surface area contributed by atoms with Crippen LogP contribution in [0.4, 0.5) is 4.39 Å². The molecule has 0 aromatic heterocycles. The Balaban J connectivity index is 2.22. The molecule has 0 bridgehead atoms. The lowest BCUT2D eigenvalue weighted by atomic mass is 9.82. The molecule has 2 rings (SSSR count). The highest BCUT2D eigenvalue weighted by Crippen LogP contribution is 2.36. The summed E-state index contributed by atoms with van der Waals surface area (Å²) in [6, 6.07) is 4.61. The van der Waals surface area contributed by atoms with Gasteiger partial charge in [-0.15, -0.1) is 0 Å². The van der Waals surface area contributed by atoms with Gasteiger partial charge >= 0.3 is 0 Å². The number of hydrogen-bond acceptors (Lipinski definition) is 2. The third-order valence-corrected chi connectivity index (χ3v) is 4.75. The van der Waals surface area contributed by atoms with Gasteiger partial charge in [-0.05, 0) is 30.9 Å². The smallest absolute Gasteiger partial charge is 0.128 e. The van der Waals surface area contributed by atoms with Crippen molar-refractivity contribution in [2.75, 3.05) is 6.54 Å². The third kappa shape index (κ3) is 3.51. The van der Waals surface area contributed by atoms with Crippen LogP contribution in [0.5, 0.6) is 0 Å². The maximum atomic E-state index is 14.0. The third-order valence-electron chi connectivity index (χ3n) is 4.42. The second-order valence-corrected chi connectivity index (χ2v) is 6.13. The first kappa shape index (κ1) is 15.7. The first-order valence-electron chi connectivity index (χ1n) is 7.47. The van der Waals surface area contributed by atoms with Crippen molar-refractivity contribution >= 4 is 11.6 Å². The summed E-state index contributed by atoms with van der Waals surface area (Å²) in [5.74, 6) is -0.603. The minimum absolute atomic E-state index is 0.196. The molecule has 2 atom stereocenters. The highest BCUT2D eigenvalue weighted by molar-refractivity contribution is 6.31. The summed E-state index contributed by atoms with van der Waals surface area (Å²) in [7, 11) is 0. The predicted octanol–water partition coefficient (Wildman–Crippen LogP) is 3.85. The van der Waals surface area contributed by atoms with Crippen molar-refractivity contribution in [1.82, 2.24) is 0 Å². The molecule has 2 unspecified atom stereocenters. The van der Waals surface area contributed by atoms with Crippen LogP contribution in [-0.2, 0) is 0 Å². The summed E-state index contributed by atoms with van der Waals surface area (Å²) in [5.41, 5.74) is 6.17. The molecule has 4 heteroatoms. The zero-order valence-corrected chi connectivity index (χ0v) is 12.5. The van der Waals surface area contributed by atoms with Gasteiger partial charge in [-0.1, -0.05) is 43.4 Å². The summed E-state index contributed by atoms with van der Waals surface area (Å²) in [6.07, 6.45) is 6.06. The van der Waals surface area contributed by atoms with E-state index in [9.17, 15) is 9.50 Å². The fourth-order valence-corrected chi connectivity index (χ4v) is 3.58. The summed E-state index contributed by atoms with van der Waals surface area (Å²) in [4.78, 5) is 0. The van der Waals surface area contributed by atoms with Gasteiger partial charge in [0.2, 0.25) is 0 Å². The van der Waals surface area contributed by atoms with Crippen LogP contribution in [0.15, 0.2) is 18.2 Å². The molecule has 0 heterocycles. The van der Waals surface area contributed by atoms with Gasteiger partial charge in [0.1, 0.15) is 5.82 Å². The van der Waals surface area contributed by atoms with Crippen LogP contribution in [0.25, 0.3) is 0 Å². The molecule has 2 nitrogen and oxygen atoms in total. The molecule has 3 N–H and O–H groups in total. The van der Waals surface area contributed by atoms with Crippen molar-refractivity contribution < 1.29 is 9.50 Å². The highest BCUT2D eigenvalue weighted by atomic mass is 35.5. The zero-order valence-electron chi connectivity index (χ0n) is 11.7. The van der Waals surface area contributed by atoms with Gasteiger partial charge in [0.15, 0.2) is 0 Å². The van der Waals surface area contributed by atoms with Gasteiger partial charge in [0.05, 0.1) is 6.10 Å². The molecular weight excluding hydrogens is 277 g/mol. The monoisotopic (exact) mass is 299 g/mol. The predicted molar refractivity (Wildman–Crippen MR) is 80.4 cm³/mol. The minimum atomic E-state index is -0.618. The van der Waals surface area contributed by atoms with Gasteiger partial charge in [0.25, 0.3) is 0 Å². The lowest BCUT2D eigenvalue weighted by Crippen LogP contribution is -2.33. The second kappa shape index (κ2) is 7.39. The van der Waals surface area contributed by atoms with Crippen LogP contribution < -0.4 is 5.73 Å². The molecule has 0 aliphatic heterocycles. The molecule has 0 spiro atoms. The molecule has 1 aliphatic rings. The molecule has 0 amide bonds. The number of hydrogen-bond donors (Lipinski definition) is 2. The molecule has 1 fully saturated rings. The normalized spacial score (nSPS) is 20.4. The first-order valence-corrected chi connectivity index (χ1v) is 7.85. The van der Waals surface area contributed by atoms with Crippen molar-refractivity contribution in [2.45, 2.75) is 50.5 Å². The Morgan fingerprint density at radius 2 is 1.90 bits per heavy atom. The lowest BCUT2D eigenvalue weighted by Gasteiger charge is -2.29. The molecule has 1 saturated carbocycles. The van der Waals surface area contributed by atoms with Gasteiger partial charge in [-0.3, -0.25) is 0 Å². The van der Waals surface area contributed by atoms with Gasteiger partial charge < -0.3 is 10.8 Å². The maximum Gasteiger partial charge on any atom is 0.128 e. The van der Waals surface area contributed by atoms with Crippen molar-refractivity contribution in [3.8, 4) is 0 Å². The average Bonchev–Trinajstić information content (AvgIpc) is 2.71. The molecule has 0 saturated heterocycles. The van der Waals surface area contributed by atoms with E-state index in [1.165, 1.54) is 18.9 Å². The summed E-state index contributed by atoms with van der Waals surface area (Å²) in [5, 5.41) is 11.0. The fourth-order valence-electron chi connectivity index (χ4n) is 3.27. The van der Waals surface area contributed by atoms with Crippen LogP contribution >= 0.6 is 11.6 Å². The largest absolute Gasteiger partial charge is 0.392 e. The Hall–Kier alpha value is -0.640. The van der Waals surface area contributed by atoms with E-state index >= 15 is 0 Å². The number of benzene rings is 1. The summed E-state index contributed by atoms with van der Waals surface area (Å²) in [6.45, 7) is 0.207. The topological polar surface area (TPSA) is 46.2 Å².